The van der Waals surface area contributed by atoms with E-state index in [2.05, 4.69) is 10.3 Å². The summed E-state index contributed by atoms with van der Waals surface area (Å²) in [6, 6.07) is 2.03. The smallest absolute Gasteiger partial charge is 0.255 e. The number of aromatic nitrogens is 1. The molecule has 2 aliphatic carbocycles. The van der Waals surface area contributed by atoms with Crippen molar-refractivity contribution in [3.8, 4) is 0 Å². The van der Waals surface area contributed by atoms with Crippen LogP contribution in [0, 0.1) is 11.8 Å². The van der Waals surface area contributed by atoms with Gasteiger partial charge >= 0.3 is 0 Å². The van der Waals surface area contributed by atoms with E-state index in [1.54, 1.807) is 18.5 Å². The minimum Gasteiger partial charge on any atom is -0.398 e. The summed E-state index contributed by atoms with van der Waals surface area (Å²) in [5.74, 6) is 1.33. The molecule has 0 atom stereocenters. The van der Waals surface area contributed by atoms with E-state index < -0.39 is 0 Å². The zero-order chi connectivity index (χ0) is 11.8. The molecular formula is C13H18ClN3O. The first-order valence-electron chi connectivity index (χ1n) is 6.26. The van der Waals surface area contributed by atoms with Gasteiger partial charge in [-0.1, -0.05) is 0 Å². The second-order valence-corrected chi connectivity index (χ2v) is 5.14. The average Bonchev–Trinajstić information content (AvgIpc) is 3.16. The molecule has 0 spiro atoms. The number of carbonyl (C=O) groups is 1. The van der Waals surface area contributed by atoms with E-state index in [0.29, 0.717) is 29.1 Å². The Morgan fingerprint density at radius 2 is 1.94 bits per heavy atom. The van der Waals surface area contributed by atoms with E-state index in [4.69, 9.17) is 5.73 Å². The standard InChI is InChI=1S/C13H17N3O.ClH/c14-11-5-6-15-7-10(11)13(17)16-12(8-1-2-8)9-3-4-9;/h5-9,12H,1-4H2,(H2,14,15)(H,16,17);1H. The van der Waals surface area contributed by atoms with Crippen LogP contribution in [0.2, 0.25) is 0 Å². The van der Waals surface area contributed by atoms with Gasteiger partial charge in [-0.3, -0.25) is 9.78 Å². The molecule has 0 unspecified atom stereocenters. The van der Waals surface area contributed by atoms with Crippen molar-refractivity contribution < 1.29 is 4.79 Å². The first-order valence-corrected chi connectivity index (χ1v) is 6.26. The van der Waals surface area contributed by atoms with E-state index in [0.717, 1.165) is 0 Å². The van der Waals surface area contributed by atoms with Crippen LogP contribution >= 0.6 is 12.4 Å². The Kier molecular flexibility index (Phi) is 3.76. The predicted octanol–water partition coefficient (Wildman–Crippen LogP) is 2.00. The molecule has 5 heteroatoms. The third-order valence-corrected chi connectivity index (χ3v) is 3.66. The topological polar surface area (TPSA) is 68.0 Å². The number of halogens is 1. The molecule has 0 radical (unpaired) electrons. The molecule has 2 aliphatic rings. The van der Waals surface area contributed by atoms with E-state index in [-0.39, 0.29) is 18.3 Å². The van der Waals surface area contributed by atoms with Crippen LogP contribution in [0.1, 0.15) is 36.0 Å². The Balaban J connectivity index is 0.00000120. The summed E-state index contributed by atoms with van der Waals surface area (Å²) < 4.78 is 0. The Labute approximate surface area is 113 Å². The lowest BCUT2D eigenvalue weighted by atomic mass is 10.1. The molecule has 0 aliphatic heterocycles. The molecule has 0 aromatic carbocycles. The summed E-state index contributed by atoms with van der Waals surface area (Å²) in [5.41, 5.74) is 6.78. The molecule has 2 fully saturated rings. The molecule has 0 bridgehead atoms. The van der Waals surface area contributed by atoms with E-state index in [1.807, 2.05) is 0 Å². The van der Waals surface area contributed by atoms with Crippen LogP contribution in [0.15, 0.2) is 18.5 Å². The van der Waals surface area contributed by atoms with Gasteiger partial charge in [-0.05, 0) is 43.6 Å². The summed E-state index contributed by atoms with van der Waals surface area (Å²) >= 11 is 0. The summed E-state index contributed by atoms with van der Waals surface area (Å²) in [4.78, 5) is 16.1. The van der Waals surface area contributed by atoms with Gasteiger partial charge < -0.3 is 11.1 Å². The van der Waals surface area contributed by atoms with Crippen LogP contribution in [-0.2, 0) is 0 Å². The number of hydrogen-bond acceptors (Lipinski definition) is 3. The third kappa shape index (κ3) is 2.75. The highest BCUT2D eigenvalue weighted by Gasteiger charge is 2.42. The molecule has 1 amide bonds. The van der Waals surface area contributed by atoms with E-state index >= 15 is 0 Å². The zero-order valence-electron chi connectivity index (χ0n) is 10.1. The van der Waals surface area contributed by atoms with Gasteiger partial charge in [0.2, 0.25) is 0 Å². The number of amides is 1. The maximum atomic E-state index is 12.1. The highest BCUT2D eigenvalue weighted by molar-refractivity contribution is 5.98. The molecule has 4 nitrogen and oxygen atoms in total. The van der Waals surface area contributed by atoms with Crippen molar-refractivity contribution in [2.75, 3.05) is 5.73 Å². The number of nitrogens with two attached hydrogens (primary N) is 1. The number of nitrogens with zero attached hydrogens (tertiary/aromatic N) is 1. The van der Waals surface area contributed by atoms with Crippen molar-refractivity contribution in [3.63, 3.8) is 0 Å². The molecule has 18 heavy (non-hydrogen) atoms. The second-order valence-electron chi connectivity index (χ2n) is 5.14. The number of carbonyl (C=O) groups excluding carboxylic acids is 1. The Morgan fingerprint density at radius 3 is 2.44 bits per heavy atom. The monoisotopic (exact) mass is 267 g/mol. The third-order valence-electron chi connectivity index (χ3n) is 3.66. The Bertz CT molecular complexity index is 432. The van der Waals surface area contributed by atoms with Gasteiger partial charge in [0.15, 0.2) is 0 Å². The summed E-state index contributed by atoms with van der Waals surface area (Å²) in [6.07, 6.45) is 8.16. The molecule has 1 heterocycles. The average molecular weight is 268 g/mol. The molecule has 98 valence electrons. The lowest BCUT2D eigenvalue weighted by Crippen LogP contribution is -2.38. The summed E-state index contributed by atoms with van der Waals surface area (Å²) in [5, 5.41) is 3.14. The fourth-order valence-electron chi connectivity index (χ4n) is 2.36. The molecule has 3 rings (SSSR count). The van der Waals surface area contributed by atoms with Crippen LogP contribution in [0.4, 0.5) is 5.69 Å². The molecule has 1 aromatic heterocycles. The summed E-state index contributed by atoms with van der Waals surface area (Å²) in [7, 11) is 0. The number of pyridine rings is 1. The molecule has 2 saturated carbocycles. The predicted molar refractivity (Wildman–Crippen MR) is 72.6 cm³/mol. The van der Waals surface area contributed by atoms with E-state index in [9.17, 15) is 4.79 Å². The maximum Gasteiger partial charge on any atom is 0.255 e. The van der Waals surface area contributed by atoms with Gasteiger partial charge in [-0.2, -0.15) is 0 Å². The molecular weight excluding hydrogens is 250 g/mol. The first kappa shape index (κ1) is 13.1. The normalized spacial score (nSPS) is 18.3. The van der Waals surface area contributed by atoms with Crippen LogP contribution in [0.3, 0.4) is 0 Å². The first-order chi connectivity index (χ1) is 8.25. The number of nitrogens with one attached hydrogen (secondary N) is 1. The van der Waals surface area contributed by atoms with Gasteiger partial charge in [-0.25, -0.2) is 0 Å². The van der Waals surface area contributed by atoms with Gasteiger partial charge in [0.25, 0.3) is 5.91 Å². The van der Waals surface area contributed by atoms with Crippen LogP contribution in [0.5, 0.6) is 0 Å². The van der Waals surface area contributed by atoms with Crippen molar-refractivity contribution in [3.05, 3.63) is 24.0 Å². The number of hydrogen-bond donors (Lipinski definition) is 2. The zero-order valence-corrected chi connectivity index (χ0v) is 11.0. The maximum absolute atomic E-state index is 12.1. The van der Waals surface area contributed by atoms with Crippen LogP contribution in [0.25, 0.3) is 0 Å². The minimum absolute atomic E-state index is 0. The Morgan fingerprint density at radius 1 is 1.33 bits per heavy atom. The lowest BCUT2D eigenvalue weighted by Gasteiger charge is -2.18. The molecule has 1 aromatic rings. The quantitative estimate of drug-likeness (QED) is 0.877. The molecule has 3 N–H and O–H groups in total. The van der Waals surface area contributed by atoms with E-state index in [1.165, 1.54) is 25.7 Å². The van der Waals surface area contributed by atoms with Crippen molar-refractivity contribution in [1.82, 2.24) is 10.3 Å². The number of nitrogen functional groups attached to an aromatic ring is 1. The Hall–Kier alpha value is -1.29. The van der Waals surface area contributed by atoms with Gasteiger partial charge in [0.05, 0.1) is 5.56 Å². The highest BCUT2D eigenvalue weighted by Crippen LogP contribution is 2.44. The van der Waals surface area contributed by atoms with Gasteiger partial charge in [0.1, 0.15) is 0 Å². The SMILES string of the molecule is Cl.Nc1ccncc1C(=O)NC(C1CC1)C1CC1. The largest absolute Gasteiger partial charge is 0.398 e. The van der Waals surface area contributed by atoms with Crippen molar-refractivity contribution >= 4 is 24.0 Å². The van der Waals surface area contributed by atoms with Crippen LogP contribution < -0.4 is 11.1 Å². The highest BCUT2D eigenvalue weighted by atomic mass is 35.5. The van der Waals surface area contributed by atoms with Gasteiger partial charge in [-0.15, -0.1) is 12.4 Å². The van der Waals surface area contributed by atoms with Gasteiger partial charge in [0, 0.05) is 24.1 Å². The molecule has 0 saturated heterocycles. The fraction of sp³-hybridized carbons (Fsp3) is 0.538. The number of anilines is 1. The van der Waals surface area contributed by atoms with Crippen molar-refractivity contribution in [2.45, 2.75) is 31.7 Å². The summed E-state index contributed by atoms with van der Waals surface area (Å²) in [6.45, 7) is 0. The lowest BCUT2D eigenvalue weighted by molar-refractivity contribution is 0.0927. The fourth-order valence-corrected chi connectivity index (χ4v) is 2.36. The minimum atomic E-state index is -0.0700. The van der Waals surface area contributed by atoms with Crippen LogP contribution in [-0.4, -0.2) is 16.9 Å². The van der Waals surface area contributed by atoms with Crippen molar-refractivity contribution in [1.29, 1.82) is 0 Å². The van der Waals surface area contributed by atoms with Crippen molar-refractivity contribution in [2.24, 2.45) is 11.8 Å². The number of rotatable bonds is 4. The second kappa shape index (κ2) is 5.14.